The Morgan fingerprint density at radius 2 is 1.87 bits per heavy atom. The number of ether oxygens (including phenoxy) is 1. The third kappa shape index (κ3) is 4.89. The number of amides is 1. The van der Waals surface area contributed by atoms with Gasteiger partial charge in [0, 0.05) is 6.54 Å². The Morgan fingerprint density at radius 3 is 2.47 bits per heavy atom. The number of methoxy groups -OCH3 is 1. The summed E-state index contributed by atoms with van der Waals surface area (Å²) in [6, 6.07) is 16.5. The van der Waals surface area contributed by atoms with E-state index in [9.17, 15) is 4.79 Å². The van der Waals surface area contributed by atoms with Gasteiger partial charge in [0.25, 0.3) is 0 Å². The van der Waals surface area contributed by atoms with Crippen LogP contribution in [-0.2, 0) is 11.2 Å². The molecule has 1 fully saturated rings. The topological polar surface area (TPSA) is 32.8 Å². The predicted molar refractivity (Wildman–Crippen MR) is 123 cm³/mol. The minimum Gasteiger partial charge on any atom is -0.497 e. The van der Waals surface area contributed by atoms with Crippen LogP contribution in [0.15, 0.2) is 79.4 Å². The van der Waals surface area contributed by atoms with Crippen molar-refractivity contribution in [1.82, 2.24) is 9.80 Å². The highest BCUT2D eigenvalue weighted by molar-refractivity contribution is 5.81. The first-order chi connectivity index (χ1) is 14.6. The summed E-state index contributed by atoms with van der Waals surface area (Å²) in [6.45, 7) is 6.93. The molecule has 1 aliphatic heterocycles. The molecule has 30 heavy (non-hydrogen) atoms. The first kappa shape index (κ1) is 21.6. The third-order valence-corrected chi connectivity index (χ3v) is 5.40. The summed E-state index contributed by atoms with van der Waals surface area (Å²) in [5.74, 6) is 1.01. The van der Waals surface area contributed by atoms with Crippen molar-refractivity contribution < 1.29 is 9.53 Å². The Balaban J connectivity index is 1.77. The Morgan fingerprint density at radius 1 is 1.17 bits per heavy atom. The zero-order valence-corrected chi connectivity index (χ0v) is 18.0. The molecular weight excluding hydrogens is 372 g/mol. The summed E-state index contributed by atoms with van der Waals surface area (Å²) in [5.41, 5.74) is 4.57. The van der Waals surface area contributed by atoms with E-state index in [2.05, 4.69) is 54.0 Å². The molecule has 0 bridgehead atoms. The lowest BCUT2D eigenvalue weighted by Crippen LogP contribution is -2.32. The first-order valence-electron chi connectivity index (χ1n) is 10.3. The number of hydrogen-bond acceptors (Lipinski definition) is 3. The Kier molecular flexibility index (Phi) is 7.26. The van der Waals surface area contributed by atoms with Gasteiger partial charge in [-0.25, -0.2) is 0 Å². The van der Waals surface area contributed by atoms with E-state index >= 15 is 0 Å². The standard InChI is InChI=1S/C26H30N2O2/c1-5-7-21(8-6-2)22-11-13-23(14-12-22)26-27(3)19-25(29)28(26)18-17-20-9-15-24(30-4)16-10-20/h5-16,26H,1,17-19H2,2-4H3/b8-6-,21-7+. The Labute approximate surface area is 179 Å². The molecule has 2 aromatic rings. The van der Waals surface area contributed by atoms with Crippen molar-refractivity contribution in [3.05, 3.63) is 96.1 Å². The van der Waals surface area contributed by atoms with Gasteiger partial charge < -0.3 is 9.64 Å². The fourth-order valence-corrected chi connectivity index (χ4v) is 3.89. The van der Waals surface area contributed by atoms with Crippen molar-refractivity contribution in [2.24, 2.45) is 0 Å². The number of hydrogen-bond donors (Lipinski definition) is 0. The average molecular weight is 403 g/mol. The van der Waals surface area contributed by atoms with Crippen LogP contribution in [0.4, 0.5) is 0 Å². The van der Waals surface area contributed by atoms with Crippen LogP contribution in [-0.4, -0.2) is 43.0 Å². The molecule has 1 atom stereocenters. The van der Waals surface area contributed by atoms with Crippen molar-refractivity contribution in [1.29, 1.82) is 0 Å². The molecule has 1 aliphatic rings. The minimum atomic E-state index is -0.0432. The SMILES string of the molecule is C=C/C=C(\C=C/C)c1ccc(C2N(C)CC(=O)N2CCc2ccc(OC)cc2)cc1. The van der Waals surface area contributed by atoms with Crippen LogP contribution in [0.25, 0.3) is 5.57 Å². The van der Waals surface area contributed by atoms with Crippen LogP contribution in [0.5, 0.6) is 5.75 Å². The molecular formula is C26H30N2O2. The second-order valence-corrected chi connectivity index (χ2v) is 7.45. The van der Waals surface area contributed by atoms with Crippen molar-refractivity contribution in [2.75, 3.05) is 27.2 Å². The van der Waals surface area contributed by atoms with Gasteiger partial charge in [-0.05, 0) is 54.8 Å². The number of carbonyl (C=O) groups excluding carboxylic acids is 1. The minimum absolute atomic E-state index is 0.0432. The van der Waals surface area contributed by atoms with Crippen molar-refractivity contribution >= 4 is 11.5 Å². The summed E-state index contributed by atoms with van der Waals surface area (Å²) < 4.78 is 5.23. The molecule has 0 N–H and O–H groups in total. The maximum absolute atomic E-state index is 12.7. The van der Waals surface area contributed by atoms with Gasteiger partial charge in [0.15, 0.2) is 0 Å². The summed E-state index contributed by atoms with van der Waals surface area (Å²) in [7, 11) is 3.67. The molecule has 0 aliphatic carbocycles. The van der Waals surface area contributed by atoms with Crippen LogP contribution >= 0.6 is 0 Å². The highest BCUT2D eigenvalue weighted by atomic mass is 16.5. The second kappa shape index (κ2) is 10.1. The van der Waals surface area contributed by atoms with E-state index in [0.717, 1.165) is 28.9 Å². The molecule has 1 saturated heterocycles. The number of allylic oxidation sites excluding steroid dienone is 5. The second-order valence-electron chi connectivity index (χ2n) is 7.45. The van der Waals surface area contributed by atoms with Gasteiger partial charge in [-0.15, -0.1) is 0 Å². The summed E-state index contributed by atoms with van der Waals surface area (Å²) in [6.07, 6.45) is 8.66. The van der Waals surface area contributed by atoms with E-state index in [1.165, 1.54) is 5.56 Å². The number of nitrogens with zero attached hydrogens (tertiary/aromatic N) is 2. The quantitative estimate of drug-likeness (QED) is 0.592. The van der Waals surface area contributed by atoms with Crippen LogP contribution in [0, 0.1) is 0 Å². The van der Waals surface area contributed by atoms with Gasteiger partial charge in [-0.1, -0.05) is 67.3 Å². The van der Waals surface area contributed by atoms with Crippen LogP contribution in [0.3, 0.4) is 0 Å². The van der Waals surface area contributed by atoms with Crippen LogP contribution in [0.1, 0.15) is 29.8 Å². The molecule has 1 heterocycles. The molecule has 0 spiro atoms. The maximum Gasteiger partial charge on any atom is 0.238 e. The lowest BCUT2D eigenvalue weighted by molar-refractivity contribution is -0.128. The zero-order chi connectivity index (χ0) is 21.5. The maximum atomic E-state index is 12.7. The van der Waals surface area contributed by atoms with E-state index in [1.54, 1.807) is 13.2 Å². The molecule has 1 amide bonds. The Hall–Kier alpha value is -3.11. The molecule has 0 aromatic heterocycles. The van der Waals surface area contributed by atoms with Gasteiger partial charge in [0.2, 0.25) is 5.91 Å². The molecule has 4 heteroatoms. The Bertz CT molecular complexity index is 927. The van der Waals surface area contributed by atoms with Crippen molar-refractivity contribution in [3.63, 3.8) is 0 Å². The summed E-state index contributed by atoms with van der Waals surface area (Å²) in [4.78, 5) is 16.8. The van der Waals surface area contributed by atoms with Gasteiger partial charge in [0.1, 0.15) is 11.9 Å². The fraction of sp³-hybridized carbons (Fsp3) is 0.269. The van der Waals surface area contributed by atoms with Crippen LogP contribution < -0.4 is 4.74 Å². The van der Waals surface area contributed by atoms with E-state index in [1.807, 2.05) is 43.2 Å². The van der Waals surface area contributed by atoms with Crippen molar-refractivity contribution in [3.8, 4) is 5.75 Å². The van der Waals surface area contributed by atoms with Gasteiger partial charge in [0.05, 0.1) is 13.7 Å². The van der Waals surface area contributed by atoms with Gasteiger partial charge >= 0.3 is 0 Å². The zero-order valence-electron chi connectivity index (χ0n) is 18.0. The summed E-state index contributed by atoms with van der Waals surface area (Å²) in [5, 5.41) is 0. The number of rotatable bonds is 8. The summed E-state index contributed by atoms with van der Waals surface area (Å²) >= 11 is 0. The molecule has 0 radical (unpaired) electrons. The number of likely N-dealkylation sites (N-methyl/N-ethyl adjacent to an activating group) is 1. The predicted octanol–water partition coefficient (Wildman–Crippen LogP) is 4.86. The number of benzene rings is 2. The monoisotopic (exact) mass is 402 g/mol. The van der Waals surface area contributed by atoms with Crippen LogP contribution in [0.2, 0.25) is 0 Å². The van der Waals surface area contributed by atoms with E-state index in [4.69, 9.17) is 4.74 Å². The smallest absolute Gasteiger partial charge is 0.238 e. The lowest BCUT2D eigenvalue weighted by atomic mass is 10.0. The largest absolute Gasteiger partial charge is 0.497 e. The van der Waals surface area contributed by atoms with Crippen molar-refractivity contribution in [2.45, 2.75) is 19.5 Å². The highest BCUT2D eigenvalue weighted by Crippen LogP contribution is 2.31. The molecule has 3 rings (SSSR count). The molecule has 1 unspecified atom stereocenters. The van der Waals surface area contributed by atoms with E-state index < -0.39 is 0 Å². The highest BCUT2D eigenvalue weighted by Gasteiger charge is 2.36. The molecule has 4 nitrogen and oxygen atoms in total. The number of carbonyl (C=O) groups is 1. The molecule has 2 aromatic carbocycles. The molecule has 0 saturated carbocycles. The lowest BCUT2D eigenvalue weighted by Gasteiger charge is -2.28. The molecule has 156 valence electrons. The average Bonchev–Trinajstić information content (AvgIpc) is 3.05. The first-order valence-corrected chi connectivity index (χ1v) is 10.3. The normalized spacial score (nSPS) is 17.7. The third-order valence-electron chi connectivity index (χ3n) is 5.40. The van der Waals surface area contributed by atoms with E-state index in [0.29, 0.717) is 13.1 Å². The van der Waals surface area contributed by atoms with Gasteiger partial charge in [-0.3, -0.25) is 9.69 Å². The van der Waals surface area contributed by atoms with Gasteiger partial charge in [-0.2, -0.15) is 0 Å². The fourth-order valence-electron chi connectivity index (χ4n) is 3.89. The van der Waals surface area contributed by atoms with E-state index in [-0.39, 0.29) is 12.1 Å².